The maximum absolute atomic E-state index is 12.8. The summed E-state index contributed by atoms with van der Waals surface area (Å²) in [5.74, 6) is 2.33. The molecule has 1 fully saturated rings. The molecule has 1 amide bonds. The molecule has 3 aromatic rings. The lowest BCUT2D eigenvalue weighted by Crippen LogP contribution is -2.41. The van der Waals surface area contributed by atoms with E-state index in [9.17, 15) is 4.79 Å². The minimum Gasteiger partial charge on any atom is -0.494 e. The fourth-order valence-electron chi connectivity index (χ4n) is 3.70. The number of ether oxygens (including phenoxy) is 1. The van der Waals surface area contributed by atoms with E-state index in [1.54, 1.807) is 6.20 Å². The number of piperidine rings is 1. The third-order valence-electron chi connectivity index (χ3n) is 5.22. The molecule has 0 bridgehead atoms. The summed E-state index contributed by atoms with van der Waals surface area (Å²) < 4.78 is 5.46. The molecule has 1 aliphatic rings. The molecular formula is C24H26N4O2. The van der Waals surface area contributed by atoms with Gasteiger partial charge in [-0.1, -0.05) is 30.3 Å². The highest BCUT2D eigenvalue weighted by atomic mass is 16.5. The fraction of sp³-hybridized carbons (Fsp3) is 0.292. The molecular weight excluding hydrogens is 376 g/mol. The molecule has 1 saturated heterocycles. The number of amides is 1. The molecule has 1 N–H and O–H groups in total. The second-order valence-corrected chi connectivity index (χ2v) is 7.34. The Hall–Kier alpha value is -3.41. The van der Waals surface area contributed by atoms with Crippen LogP contribution in [0.4, 0.5) is 11.5 Å². The summed E-state index contributed by atoms with van der Waals surface area (Å²) in [7, 11) is 0. The van der Waals surface area contributed by atoms with Gasteiger partial charge in [0.2, 0.25) is 5.91 Å². The normalized spacial score (nSPS) is 16.2. The van der Waals surface area contributed by atoms with Crippen molar-refractivity contribution in [3.63, 3.8) is 0 Å². The zero-order valence-electron chi connectivity index (χ0n) is 17.1. The van der Waals surface area contributed by atoms with E-state index in [0.29, 0.717) is 19.0 Å². The lowest BCUT2D eigenvalue weighted by atomic mass is 9.97. The molecule has 0 radical (unpaired) electrons. The van der Waals surface area contributed by atoms with Crippen molar-refractivity contribution >= 4 is 17.4 Å². The molecule has 0 unspecified atom stereocenters. The van der Waals surface area contributed by atoms with Crippen LogP contribution in [0.1, 0.15) is 19.8 Å². The first kappa shape index (κ1) is 19.9. The number of hydrogen-bond acceptors (Lipinski definition) is 5. The predicted octanol–water partition coefficient (Wildman–Crippen LogP) is 4.40. The minimum absolute atomic E-state index is 0.0428. The lowest BCUT2D eigenvalue weighted by Gasteiger charge is -2.33. The van der Waals surface area contributed by atoms with Gasteiger partial charge >= 0.3 is 0 Å². The number of aromatic nitrogens is 2. The van der Waals surface area contributed by atoms with Crippen LogP contribution in [0.5, 0.6) is 5.75 Å². The second-order valence-electron chi connectivity index (χ2n) is 7.34. The summed E-state index contributed by atoms with van der Waals surface area (Å²) in [4.78, 5) is 24.2. The van der Waals surface area contributed by atoms with E-state index in [0.717, 1.165) is 42.2 Å². The molecule has 1 aromatic heterocycles. The van der Waals surface area contributed by atoms with Gasteiger partial charge in [0.25, 0.3) is 0 Å². The van der Waals surface area contributed by atoms with Crippen LogP contribution in [0, 0.1) is 5.92 Å². The Balaban J connectivity index is 1.42. The van der Waals surface area contributed by atoms with Crippen molar-refractivity contribution in [2.75, 3.05) is 29.9 Å². The Morgan fingerprint density at radius 2 is 1.93 bits per heavy atom. The van der Waals surface area contributed by atoms with E-state index in [4.69, 9.17) is 9.72 Å². The first-order chi connectivity index (χ1) is 14.7. The van der Waals surface area contributed by atoms with E-state index < -0.39 is 0 Å². The highest BCUT2D eigenvalue weighted by Crippen LogP contribution is 2.25. The summed E-state index contributed by atoms with van der Waals surface area (Å²) in [6.07, 6.45) is 3.61. The number of nitrogens with zero attached hydrogens (tertiary/aromatic N) is 3. The standard InChI is InChI=1S/C24H26N4O2/c1-2-30-21-12-10-20(11-13-21)26-24(29)19-9-6-16-28(17-19)22-14-15-25-23(27-22)18-7-4-3-5-8-18/h3-5,7-8,10-15,19H,2,6,9,16-17H2,1H3,(H,26,29)/t19-/m1/s1. The van der Waals surface area contributed by atoms with Gasteiger partial charge in [0, 0.05) is 30.5 Å². The van der Waals surface area contributed by atoms with Gasteiger partial charge < -0.3 is 15.0 Å². The van der Waals surface area contributed by atoms with Crippen LogP contribution in [0.15, 0.2) is 66.9 Å². The van der Waals surface area contributed by atoms with Crippen molar-refractivity contribution in [3.05, 3.63) is 66.9 Å². The van der Waals surface area contributed by atoms with E-state index in [1.807, 2.05) is 67.6 Å². The second kappa shape index (κ2) is 9.39. The topological polar surface area (TPSA) is 67.3 Å². The first-order valence-corrected chi connectivity index (χ1v) is 10.4. The minimum atomic E-state index is -0.0829. The first-order valence-electron chi connectivity index (χ1n) is 10.4. The average molecular weight is 402 g/mol. The van der Waals surface area contributed by atoms with Crippen LogP contribution in [0.2, 0.25) is 0 Å². The summed E-state index contributed by atoms with van der Waals surface area (Å²) in [6.45, 7) is 4.11. The van der Waals surface area contributed by atoms with Gasteiger partial charge in [-0.2, -0.15) is 0 Å². The van der Waals surface area contributed by atoms with Crippen molar-refractivity contribution in [2.45, 2.75) is 19.8 Å². The Morgan fingerprint density at radius 1 is 1.13 bits per heavy atom. The van der Waals surface area contributed by atoms with Gasteiger partial charge in [0.1, 0.15) is 11.6 Å². The van der Waals surface area contributed by atoms with Gasteiger partial charge in [-0.25, -0.2) is 9.97 Å². The zero-order valence-corrected chi connectivity index (χ0v) is 17.1. The van der Waals surface area contributed by atoms with Gasteiger partial charge in [-0.3, -0.25) is 4.79 Å². The number of nitrogens with one attached hydrogen (secondary N) is 1. The van der Waals surface area contributed by atoms with Crippen LogP contribution >= 0.6 is 0 Å². The van der Waals surface area contributed by atoms with Gasteiger partial charge in [0.15, 0.2) is 5.82 Å². The third-order valence-corrected chi connectivity index (χ3v) is 5.22. The van der Waals surface area contributed by atoms with Gasteiger partial charge in [-0.05, 0) is 50.1 Å². The van der Waals surface area contributed by atoms with Crippen molar-refractivity contribution < 1.29 is 9.53 Å². The number of carbonyl (C=O) groups excluding carboxylic acids is 1. The number of hydrogen-bond donors (Lipinski definition) is 1. The largest absolute Gasteiger partial charge is 0.494 e. The van der Waals surface area contributed by atoms with Crippen LogP contribution < -0.4 is 15.0 Å². The highest BCUT2D eigenvalue weighted by molar-refractivity contribution is 5.93. The molecule has 0 spiro atoms. The van der Waals surface area contributed by atoms with Crippen molar-refractivity contribution in [1.82, 2.24) is 9.97 Å². The van der Waals surface area contributed by atoms with E-state index in [-0.39, 0.29) is 11.8 Å². The van der Waals surface area contributed by atoms with Gasteiger partial charge in [0.05, 0.1) is 12.5 Å². The number of benzene rings is 2. The highest BCUT2D eigenvalue weighted by Gasteiger charge is 2.27. The number of anilines is 2. The molecule has 154 valence electrons. The Kier molecular flexibility index (Phi) is 6.23. The van der Waals surface area contributed by atoms with Crippen molar-refractivity contribution in [1.29, 1.82) is 0 Å². The van der Waals surface area contributed by atoms with Crippen LogP contribution in [-0.4, -0.2) is 35.6 Å². The summed E-state index contributed by atoms with van der Waals surface area (Å²) in [5.41, 5.74) is 1.77. The quantitative estimate of drug-likeness (QED) is 0.662. The maximum atomic E-state index is 12.8. The van der Waals surface area contributed by atoms with E-state index >= 15 is 0 Å². The smallest absolute Gasteiger partial charge is 0.229 e. The summed E-state index contributed by atoms with van der Waals surface area (Å²) >= 11 is 0. The van der Waals surface area contributed by atoms with Crippen LogP contribution in [-0.2, 0) is 4.79 Å². The molecule has 30 heavy (non-hydrogen) atoms. The zero-order chi connectivity index (χ0) is 20.8. The number of carbonyl (C=O) groups is 1. The summed E-state index contributed by atoms with van der Waals surface area (Å²) in [5, 5.41) is 3.04. The van der Waals surface area contributed by atoms with Crippen LogP contribution in [0.25, 0.3) is 11.4 Å². The van der Waals surface area contributed by atoms with Crippen molar-refractivity contribution in [3.8, 4) is 17.1 Å². The molecule has 2 heterocycles. The molecule has 1 atom stereocenters. The van der Waals surface area contributed by atoms with Gasteiger partial charge in [-0.15, -0.1) is 0 Å². The summed E-state index contributed by atoms with van der Waals surface area (Å²) in [6, 6.07) is 19.4. The molecule has 6 heteroatoms. The average Bonchev–Trinajstić information content (AvgIpc) is 2.81. The van der Waals surface area contributed by atoms with Crippen molar-refractivity contribution in [2.24, 2.45) is 5.92 Å². The Morgan fingerprint density at radius 3 is 2.70 bits per heavy atom. The third kappa shape index (κ3) is 4.76. The SMILES string of the molecule is CCOc1ccc(NC(=O)[C@@H]2CCCN(c3ccnc(-c4ccccc4)n3)C2)cc1. The van der Waals surface area contributed by atoms with Crippen LogP contribution in [0.3, 0.4) is 0 Å². The van der Waals surface area contributed by atoms with E-state index in [2.05, 4.69) is 15.2 Å². The van der Waals surface area contributed by atoms with E-state index in [1.165, 1.54) is 0 Å². The molecule has 2 aromatic carbocycles. The molecule has 0 saturated carbocycles. The lowest BCUT2D eigenvalue weighted by molar-refractivity contribution is -0.120. The fourth-order valence-corrected chi connectivity index (χ4v) is 3.70. The molecule has 0 aliphatic carbocycles. The maximum Gasteiger partial charge on any atom is 0.229 e. The molecule has 6 nitrogen and oxygen atoms in total. The monoisotopic (exact) mass is 402 g/mol. The molecule has 4 rings (SSSR count). The predicted molar refractivity (Wildman–Crippen MR) is 119 cm³/mol. The number of rotatable bonds is 6. The Bertz CT molecular complexity index is 976. The molecule has 1 aliphatic heterocycles. The Labute approximate surface area is 176 Å².